The number of hydrogen-bond acceptors (Lipinski definition) is 7. The first-order valence-electron chi connectivity index (χ1n) is 14.6. The zero-order valence-corrected chi connectivity index (χ0v) is 23.4. The van der Waals surface area contributed by atoms with E-state index in [2.05, 4.69) is 13.8 Å². The van der Waals surface area contributed by atoms with Gasteiger partial charge in [-0.15, -0.1) is 0 Å². The maximum Gasteiger partial charge on any atom is 0.306 e. The second kappa shape index (κ2) is 25.5. The van der Waals surface area contributed by atoms with Gasteiger partial charge in [0.25, 0.3) is 0 Å². The zero-order chi connectivity index (χ0) is 27.6. The van der Waals surface area contributed by atoms with Crippen LogP contribution < -0.4 is 0 Å². The maximum atomic E-state index is 12.3. The van der Waals surface area contributed by atoms with Crippen molar-refractivity contribution in [1.29, 1.82) is 0 Å². The molecule has 216 valence electrons. The number of carboxylic acids is 1. The lowest BCUT2D eigenvalue weighted by Gasteiger charge is -2.18. The molecule has 0 spiro atoms. The standard InChI is InChI=1S/C29H52O8/c1-3-5-7-11-16-20-27(32)35-23-25(37-29(34)22-18-12-8-6-4-2)24-36-28(33)21-17-14-10-9-13-15-19-26(30)31/h25H,3-24H2,1-2H3,(H,30,31). The van der Waals surface area contributed by atoms with Crippen LogP contribution in [-0.4, -0.2) is 48.3 Å². The molecule has 0 aliphatic carbocycles. The number of unbranched alkanes of at least 4 members (excludes halogenated alkanes) is 13. The van der Waals surface area contributed by atoms with E-state index in [-0.39, 0.29) is 44.0 Å². The quantitative estimate of drug-likeness (QED) is 0.0731. The fourth-order valence-corrected chi connectivity index (χ4v) is 3.88. The van der Waals surface area contributed by atoms with Crippen molar-refractivity contribution in [2.45, 2.75) is 148 Å². The molecule has 0 aromatic rings. The summed E-state index contributed by atoms with van der Waals surface area (Å²) in [6, 6.07) is 0. The van der Waals surface area contributed by atoms with Gasteiger partial charge in [-0.3, -0.25) is 19.2 Å². The Balaban J connectivity index is 4.32. The van der Waals surface area contributed by atoms with E-state index < -0.39 is 12.1 Å². The molecule has 1 unspecified atom stereocenters. The number of carbonyl (C=O) groups is 4. The van der Waals surface area contributed by atoms with Gasteiger partial charge in [0.05, 0.1) is 0 Å². The normalized spacial score (nSPS) is 11.6. The van der Waals surface area contributed by atoms with Crippen molar-refractivity contribution in [3.63, 3.8) is 0 Å². The molecule has 0 aliphatic heterocycles. The van der Waals surface area contributed by atoms with E-state index in [0.29, 0.717) is 25.7 Å². The van der Waals surface area contributed by atoms with Crippen LogP contribution in [-0.2, 0) is 33.4 Å². The predicted molar refractivity (Wildman–Crippen MR) is 143 cm³/mol. The van der Waals surface area contributed by atoms with E-state index in [4.69, 9.17) is 19.3 Å². The summed E-state index contributed by atoms with van der Waals surface area (Å²) in [5, 5.41) is 8.64. The van der Waals surface area contributed by atoms with E-state index in [0.717, 1.165) is 89.9 Å². The van der Waals surface area contributed by atoms with E-state index >= 15 is 0 Å². The molecule has 8 heteroatoms. The number of carbonyl (C=O) groups excluding carboxylic acids is 3. The summed E-state index contributed by atoms with van der Waals surface area (Å²) < 4.78 is 16.1. The van der Waals surface area contributed by atoms with Crippen molar-refractivity contribution in [3.8, 4) is 0 Å². The molecule has 0 radical (unpaired) electrons. The summed E-state index contributed by atoms with van der Waals surface area (Å²) in [4.78, 5) is 47.0. The molecule has 0 bridgehead atoms. The molecule has 1 N–H and O–H groups in total. The number of hydrogen-bond donors (Lipinski definition) is 1. The average Bonchev–Trinajstić information content (AvgIpc) is 2.86. The van der Waals surface area contributed by atoms with Crippen LogP contribution in [0.2, 0.25) is 0 Å². The molecule has 0 aliphatic rings. The Kier molecular flexibility index (Phi) is 24.1. The van der Waals surface area contributed by atoms with Gasteiger partial charge in [0.1, 0.15) is 13.2 Å². The molecule has 1 atom stereocenters. The lowest BCUT2D eigenvalue weighted by molar-refractivity contribution is -0.167. The fraction of sp³-hybridized carbons (Fsp3) is 0.862. The van der Waals surface area contributed by atoms with Gasteiger partial charge in [-0.1, -0.05) is 90.9 Å². The molecule has 0 rings (SSSR count). The van der Waals surface area contributed by atoms with Crippen LogP contribution in [0.3, 0.4) is 0 Å². The molecule has 0 saturated carbocycles. The molecule has 0 heterocycles. The lowest BCUT2D eigenvalue weighted by atomic mass is 10.1. The number of rotatable bonds is 26. The van der Waals surface area contributed by atoms with Crippen LogP contribution >= 0.6 is 0 Å². The lowest BCUT2D eigenvalue weighted by Crippen LogP contribution is -2.30. The Bertz CT molecular complexity index is 605. The average molecular weight is 529 g/mol. The minimum Gasteiger partial charge on any atom is -0.481 e. The monoisotopic (exact) mass is 528 g/mol. The SMILES string of the molecule is CCCCCCCC(=O)OCC(COC(=O)CCCCCCCCC(=O)O)OC(=O)CCCCCCC. The summed E-state index contributed by atoms with van der Waals surface area (Å²) in [6.07, 6.45) is 15.5. The third-order valence-electron chi connectivity index (χ3n) is 6.15. The number of esters is 3. The van der Waals surface area contributed by atoms with Crippen molar-refractivity contribution in [3.05, 3.63) is 0 Å². The molecular formula is C29H52O8. The second-order valence-corrected chi connectivity index (χ2v) is 9.82. The molecule has 8 nitrogen and oxygen atoms in total. The van der Waals surface area contributed by atoms with Crippen LogP contribution in [0, 0.1) is 0 Å². The van der Waals surface area contributed by atoms with Crippen molar-refractivity contribution >= 4 is 23.9 Å². The van der Waals surface area contributed by atoms with Crippen LogP contribution in [0.15, 0.2) is 0 Å². The number of ether oxygens (including phenoxy) is 3. The molecule has 0 amide bonds. The largest absolute Gasteiger partial charge is 0.481 e. The topological polar surface area (TPSA) is 116 Å². The van der Waals surface area contributed by atoms with Gasteiger partial charge in [0.15, 0.2) is 6.10 Å². The highest BCUT2D eigenvalue weighted by Crippen LogP contribution is 2.11. The molecule has 37 heavy (non-hydrogen) atoms. The molecular weight excluding hydrogens is 476 g/mol. The van der Waals surface area contributed by atoms with Gasteiger partial charge in [0.2, 0.25) is 0 Å². The minimum absolute atomic E-state index is 0.112. The van der Waals surface area contributed by atoms with Crippen molar-refractivity contribution < 1.29 is 38.5 Å². The molecule has 0 aromatic carbocycles. The Morgan fingerprint density at radius 3 is 1.27 bits per heavy atom. The van der Waals surface area contributed by atoms with Crippen molar-refractivity contribution in [2.75, 3.05) is 13.2 Å². The maximum absolute atomic E-state index is 12.3. The first kappa shape index (κ1) is 34.9. The first-order chi connectivity index (χ1) is 17.9. The Labute approximate surface area is 224 Å². The highest BCUT2D eigenvalue weighted by atomic mass is 16.6. The second-order valence-electron chi connectivity index (χ2n) is 9.82. The molecule has 0 saturated heterocycles. The Hall–Kier alpha value is -2.12. The Morgan fingerprint density at radius 2 is 0.865 bits per heavy atom. The first-order valence-corrected chi connectivity index (χ1v) is 14.6. The minimum atomic E-state index is -0.801. The van der Waals surface area contributed by atoms with Gasteiger partial charge < -0.3 is 19.3 Å². The van der Waals surface area contributed by atoms with Gasteiger partial charge in [-0.2, -0.15) is 0 Å². The van der Waals surface area contributed by atoms with Crippen molar-refractivity contribution in [2.24, 2.45) is 0 Å². The van der Waals surface area contributed by atoms with E-state index in [1.54, 1.807) is 0 Å². The summed E-state index contributed by atoms with van der Waals surface area (Å²) in [5.74, 6) is -1.83. The van der Waals surface area contributed by atoms with Gasteiger partial charge >= 0.3 is 23.9 Å². The fourth-order valence-electron chi connectivity index (χ4n) is 3.88. The van der Waals surface area contributed by atoms with Crippen LogP contribution in [0.25, 0.3) is 0 Å². The van der Waals surface area contributed by atoms with Crippen LogP contribution in [0.4, 0.5) is 0 Å². The third kappa shape index (κ3) is 25.3. The van der Waals surface area contributed by atoms with Crippen LogP contribution in [0.5, 0.6) is 0 Å². The van der Waals surface area contributed by atoms with Crippen LogP contribution in [0.1, 0.15) is 142 Å². The zero-order valence-electron chi connectivity index (χ0n) is 23.4. The molecule has 0 aromatic heterocycles. The summed E-state index contributed by atoms with van der Waals surface area (Å²) in [7, 11) is 0. The highest BCUT2D eigenvalue weighted by molar-refractivity contribution is 5.71. The summed E-state index contributed by atoms with van der Waals surface area (Å²) >= 11 is 0. The highest BCUT2D eigenvalue weighted by Gasteiger charge is 2.19. The van der Waals surface area contributed by atoms with E-state index in [9.17, 15) is 19.2 Å². The number of aliphatic carboxylic acids is 1. The number of carboxylic acid groups (broad SMARTS) is 1. The van der Waals surface area contributed by atoms with E-state index in [1.165, 1.54) is 0 Å². The van der Waals surface area contributed by atoms with Crippen molar-refractivity contribution in [1.82, 2.24) is 0 Å². The molecule has 0 fully saturated rings. The van der Waals surface area contributed by atoms with Gasteiger partial charge in [-0.25, -0.2) is 0 Å². The Morgan fingerprint density at radius 1 is 0.514 bits per heavy atom. The predicted octanol–water partition coefficient (Wildman–Crippen LogP) is 6.91. The third-order valence-corrected chi connectivity index (χ3v) is 6.15. The van der Waals surface area contributed by atoms with Gasteiger partial charge in [-0.05, 0) is 25.7 Å². The van der Waals surface area contributed by atoms with Gasteiger partial charge in [0, 0.05) is 25.7 Å². The van der Waals surface area contributed by atoms with E-state index in [1.807, 2.05) is 0 Å². The smallest absolute Gasteiger partial charge is 0.306 e. The summed E-state index contributed by atoms with van der Waals surface area (Å²) in [5.41, 5.74) is 0. The summed E-state index contributed by atoms with van der Waals surface area (Å²) in [6.45, 7) is 4.04.